The molecule has 1 fully saturated rings. The number of hydrogen-bond donors (Lipinski definition) is 2. The SMILES string of the molecule is CN1CCC(O)(c2cc(Cl)cnc2N)CC1. The van der Waals surface area contributed by atoms with Gasteiger partial charge < -0.3 is 15.7 Å². The van der Waals surface area contributed by atoms with Crippen molar-refractivity contribution in [3.63, 3.8) is 0 Å². The van der Waals surface area contributed by atoms with E-state index in [4.69, 9.17) is 17.3 Å². The highest BCUT2D eigenvalue weighted by molar-refractivity contribution is 6.30. The van der Waals surface area contributed by atoms with Crippen molar-refractivity contribution in [3.8, 4) is 0 Å². The molecule has 0 spiro atoms. The van der Waals surface area contributed by atoms with E-state index < -0.39 is 5.60 Å². The first-order chi connectivity index (χ1) is 7.51. The largest absolute Gasteiger partial charge is 0.385 e. The minimum atomic E-state index is -0.880. The van der Waals surface area contributed by atoms with Crippen LogP contribution in [0.15, 0.2) is 12.3 Å². The summed E-state index contributed by atoms with van der Waals surface area (Å²) in [6.45, 7) is 1.70. The van der Waals surface area contributed by atoms with Gasteiger partial charge in [0, 0.05) is 24.8 Å². The molecule has 0 radical (unpaired) electrons. The highest BCUT2D eigenvalue weighted by Crippen LogP contribution is 2.35. The monoisotopic (exact) mass is 241 g/mol. The van der Waals surface area contributed by atoms with Crippen molar-refractivity contribution in [2.24, 2.45) is 0 Å². The normalized spacial score (nSPS) is 20.9. The van der Waals surface area contributed by atoms with Gasteiger partial charge in [-0.2, -0.15) is 0 Å². The number of hydrogen-bond acceptors (Lipinski definition) is 4. The molecule has 1 aliphatic rings. The maximum Gasteiger partial charge on any atom is 0.129 e. The topological polar surface area (TPSA) is 62.4 Å². The predicted octanol–water partition coefficient (Wildman–Crippen LogP) is 1.23. The molecule has 0 atom stereocenters. The molecule has 3 N–H and O–H groups in total. The summed E-state index contributed by atoms with van der Waals surface area (Å²) in [5.74, 6) is 0.372. The average Bonchev–Trinajstić information content (AvgIpc) is 2.26. The Morgan fingerprint density at radius 1 is 1.50 bits per heavy atom. The lowest BCUT2D eigenvalue weighted by atomic mass is 9.85. The molecule has 88 valence electrons. The fraction of sp³-hybridized carbons (Fsp3) is 0.545. The van der Waals surface area contributed by atoms with E-state index in [2.05, 4.69) is 9.88 Å². The quantitative estimate of drug-likeness (QED) is 0.777. The number of likely N-dealkylation sites (tertiary alicyclic amines) is 1. The molecule has 0 saturated carbocycles. The number of halogens is 1. The van der Waals surface area contributed by atoms with Crippen LogP contribution in [0, 0.1) is 0 Å². The van der Waals surface area contributed by atoms with E-state index in [0.717, 1.165) is 13.1 Å². The minimum absolute atomic E-state index is 0.372. The van der Waals surface area contributed by atoms with Crippen molar-refractivity contribution in [1.29, 1.82) is 0 Å². The first-order valence-corrected chi connectivity index (χ1v) is 5.71. The third kappa shape index (κ3) is 2.14. The van der Waals surface area contributed by atoms with Gasteiger partial charge in [0.05, 0.1) is 10.6 Å². The number of nitrogen functional groups attached to an aromatic ring is 1. The molecule has 2 rings (SSSR count). The molecule has 0 aromatic carbocycles. The third-order valence-electron chi connectivity index (χ3n) is 3.20. The number of piperidine rings is 1. The molecule has 0 amide bonds. The Balaban J connectivity index is 2.32. The molecule has 0 unspecified atom stereocenters. The van der Waals surface area contributed by atoms with Gasteiger partial charge in [0.25, 0.3) is 0 Å². The Bertz CT molecular complexity index is 389. The van der Waals surface area contributed by atoms with Crippen LogP contribution in [0.4, 0.5) is 5.82 Å². The molecular weight excluding hydrogens is 226 g/mol. The molecule has 5 heteroatoms. The molecule has 1 aromatic rings. The standard InChI is InChI=1S/C11H16ClN3O/c1-15-4-2-11(16,3-5-15)9-6-8(12)7-14-10(9)13/h6-7,16H,2-5H2,1H3,(H2,13,14). The highest BCUT2D eigenvalue weighted by Gasteiger charge is 2.35. The number of aromatic nitrogens is 1. The summed E-state index contributed by atoms with van der Waals surface area (Å²) < 4.78 is 0. The zero-order valence-corrected chi connectivity index (χ0v) is 10.0. The Kier molecular flexibility index (Phi) is 3.06. The fourth-order valence-electron chi connectivity index (χ4n) is 2.08. The van der Waals surface area contributed by atoms with Crippen LogP contribution in [0.3, 0.4) is 0 Å². The maximum atomic E-state index is 10.6. The molecule has 2 heterocycles. The Morgan fingerprint density at radius 3 is 2.75 bits per heavy atom. The van der Waals surface area contributed by atoms with E-state index in [-0.39, 0.29) is 0 Å². The molecule has 0 bridgehead atoms. The molecule has 1 aliphatic heterocycles. The summed E-state index contributed by atoms with van der Waals surface area (Å²) in [6, 6.07) is 1.72. The maximum absolute atomic E-state index is 10.6. The van der Waals surface area contributed by atoms with Crippen molar-refractivity contribution in [2.45, 2.75) is 18.4 Å². The summed E-state index contributed by atoms with van der Waals surface area (Å²) >= 11 is 5.89. The van der Waals surface area contributed by atoms with Gasteiger partial charge in [0.1, 0.15) is 5.82 Å². The van der Waals surface area contributed by atoms with Crippen molar-refractivity contribution >= 4 is 17.4 Å². The van der Waals surface area contributed by atoms with Gasteiger partial charge in [0.2, 0.25) is 0 Å². The predicted molar refractivity (Wildman–Crippen MR) is 64.3 cm³/mol. The number of rotatable bonds is 1. The van der Waals surface area contributed by atoms with Crippen LogP contribution in [0.2, 0.25) is 5.02 Å². The number of nitrogens with zero attached hydrogens (tertiary/aromatic N) is 2. The zero-order chi connectivity index (χ0) is 11.8. The van der Waals surface area contributed by atoms with Gasteiger partial charge >= 0.3 is 0 Å². The highest BCUT2D eigenvalue weighted by atomic mass is 35.5. The number of anilines is 1. The van der Waals surface area contributed by atoms with E-state index in [1.807, 2.05) is 7.05 Å². The van der Waals surface area contributed by atoms with Crippen molar-refractivity contribution in [1.82, 2.24) is 9.88 Å². The van der Waals surface area contributed by atoms with Gasteiger partial charge in [-0.3, -0.25) is 0 Å². The van der Waals surface area contributed by atoms with E-state index in [0.29, 0.717) is 29.2 Å². The third-order valence-corrected chi connectivity index (χ3v) is 3.41. The number of pyridine rings is 1. The first-order valence-electron chi connectivity index (χ1n) is 5.34. The summed E-state index contributed by atoms with van der Waals surface area (Å²) in [5, 5.41) is 11.1. The van der Waals surface area contributed by atoms with Crippen LogP contribution < -0.4 is 5.73 Å². The summed E-state index contributed by atoms with van der Waals surface area (Å²) in [4.78, 5) is 6.17. The van der Waals surface area contributed by atoms with Crippen molar-refractivity contribution < 1.29 is 5.11 Å². The minimum Gasteiger partial charge on any atom is -0.385 e. The van der Waals surface area contributed by atoms with Gasteiger partial charge in [-0.1, -0.05) is 11.6 Å². The second-order valence-electron chi connectivity index (χ2n) is 4.42. The summed E-state index contributed by atoms with van der Waals surface area (Å²) in [6.07, 6.45) is 2.82. The molecule has 4 nitrogen and oxygen atoms in total. The zero-order valence-electron chi connectivity index (χ0n) is 9.28. The van der Waals surface area contributed by atoms with Crippen LogP contribution in [0.1, 0.15) is 18.4 Å². The molecule has 1 saturated heterocycles. The fourth-order valence-corrected chi connectivity index (χ4v) is 2.24. The van der Waals surface area contributed by atoms with Crippen LogP contribution in [-0.4, -0.2) is 35.1 Å². The van der Waals surface area contributed by atoms with Crippen LogP contribution in [-0.2, 0) is 5.60 Å². The van der Waals surface area contributed by atoms with Crippen molar-refractivity contribution in [3.05, 3.63) is 22.8 Å². The molecule has 0 aliphatic carbocycles. The van der Waals surface area contributed by atoms with E-state index in [1.165, 1.54) is 6.20 Å². The Morgan fingerprint density at radius 2 is 2.12 bits per heavy atom. The van der Waals surface area contributed by atoms with Crippen LogP contribution >= 0.6 is 11.6 Å². The van der Waals surface area contributed by atoms with E-state index in [1.54, 1.807) is 6.07 Å². The first kappa shape index (κ1) is 11.6. The van der Waals surface area contributed by atoms with Gasteiger partial charge in [-0.25, -0.2) is 4.98 Å². The van der Waals surface area contributed by atoms with Gasteiger partial charge in [0.15, 0.2) is 0 Å². The van der Waals surface area contributed by atoms with Gasteiger partial charge in [-0.05, 0) is 26.0 Å². The number of nitrogens with two attached hydrogens (primary N) is 1. The molecule has 1 aromatic heterocycles. The molecule has 16 heavy (non-hydrogen) atoms. The lowest BCUT2D eigenvalue weighted by molar-refractivity contribution is -0.0198. The lowest BCUT2D eigenvalue weighted by Crippen LogP contribution is -2.41. The van der Waals surface area contributed by atoms with Crippen LogP contribution in [0.5, 0.6) is 0 Å². The average molecular weight is 242 g/mol. The van der Waals surface area contributed by atoms with E-state index >= 15 is 0 Å². The smallest absolute Gasteiger partial charge is 0.129 e. The summed E-state index contributed by atoms with van der Waals surface area (Å²) in [5.41, 5.74) is 5.58. The Labute approximate surface area is 100 Å². The van der Waals surface area contributed by atoms with Gasteiger partial charge in [-0.15, -0.1) is 0 Å². The van der Waals surface area contributed by atoms with E-state index in [9.17, 15) is 5.11 Å². The van der Waals surface area contributed by atoms with Crippen molar-refractivity contribution in [2.75, 3.05) is 25.9 Å². The summed E-state index contributed by atoms with van der Waals surface area (Å²) in [7, 11) is 2.04. The Hall–Kier alpha value is -0.840. The second kappa shape index (κ2) is 4.20. The van der Waals surface area contributed by atoms with Crippen LogP contribution in [0.25, 0.3) is 0 Å². The molecular formula is C11H16ClN3O. The number of aliphatic hydroxyl groups is 1. The second-order valence-corrected chi connectivity index (χ2v) is 4.86. The lowest BCUT2D eigenvalue weighted by Gasteiger charge is -2.37.